The van der Waals surface area contributed by atoms with E-state index in [0.29, 0.717) is 0 Å². The normalized spacial score (nSPS) is 20.4. The van der Waals surface area contributed by atoms with E-state index in [4.69, 9.17) is 21.4 Å². The van der Waals surface area contributed by atoms with Gasteiger partial charge < -0.3 is 14.5 Å². The van der Waals surface area contributed by atoms with Gasteiger partial charge in [-0.3, -0.25) is 9.67 Å². The minimum Gasteiger partial charge on any atom is -0.380 e. The Hall–Kier alpha value is -2.15. The van der Waals surface area contributed by atoms with E-state index in [2.05, 4.69) is 34.4 Å². The van der Waals surface area contributed by atoms with Crippen LogP contribution in [-0.4, -0.2) is 65.6 Å². The molecule has 0 spiro atoms. The van der Waals surface area contributed by atoms with Gasteiger partial charge in [0.1, 0.15) is 0 Å². The highest BCUT2D eigenvalue weighted by molar-refractivity contribution is 6.31. The molecule has 2 saturated heterocycles. The number of aromatic nitrogens is 3. The summed E-state index contributed by atoms with van der Waals surface area (Å²) in [4.78, 5) is 9.39. The molecule has 2 aliphatic heterocycles. The number of fused-ring (bicyclic) bond motifs is 1. The fraction of sp³-hybridized carbons (Fsp3) is 0.538. The monoisotopic (exact) mass is 469 g/mol. The number of ether oxygens (including phenoxy) is 1. The fourth-order valence-electron chi connectivity index (χ4n) is 4.81. The van der Waals surface area contributed by atoms with Crippen LogP contribution >= 0.6 is 11.6 Å². The van der Waals surface area contributed by atoms with E-state index in [9.17, 15) is 0 Å². The highest BCUT2D eigenvalue weighted by Crippen LogP contribution is 2.31. The molecule has 0 aliphatic carbocycles. The molecular weight excluding hydrogens is 434 g/mol. The molecular formula is C26H36ClN5O. The maximum Gasteiger partial charge on any atom is 0.158 e. The average molecular weight is 470 g/mol. The average Bonchev–Trinajstić information content (AvgIpc) is 3.02. The van der Waals surface area contributed by atoms with Gasteiger partial charge in [-0.2, -0.15) is 5.10 Å². The van der Waals surface area contributed by atoms with E-state index in [0.717, 1.165) is 79.9 Å². The molecule has 0 radical (unpaired) electrons. The van der Waals surface area contributed by atoms with E-state index in [-0.39, 0.29) is 6.04 Å². The number of nitrogens with zero attached hydrogens (tertiary/aromatic N) is 5. The van der Waals surface area contributed by atoms with Gasteiger partial charge in [-0.05, 0) is 43.7 Å². The summed E-state index contributed by atoms with van der Waals surface area (Å²) in [6.07, 6.45) is 16.1. The molecule has 7 heteroatoms. The minimum absolute atomic E-state index is 0.0905. The number of hydrogen-bond acceptors (Lipinski definition) is 5. The molecule has 0 saturated carbocycles. The second kappa shape index (κ2) is 11.8. The van der Waals surface area contributed by atoms with Crippen molar-refractivity contribution in [2.75, 3.05) is 50.8 Å². The molecule has 2 fully saturated rings. The van der Waals surface area contributed by atoms with Gasteiger partial charge in [-0.1, -0.05) is 36.8 Å². The van der Waals surface area contributed by atoms with Crippen LogP contribution in [-0.2, 0) is 4.74 Å². The van der Waals surface area contributed by atoms with Gasteiger partial charge in [-0.25, -0.2) is 0 Å². The zero-order chi connectivity index (χ0) is 23.0. The molecule has 1 unspecified atom stereocenters. The number of anilines is 1. The van der Waals surface area contributed by atoms with E-state index >= 15 is 0 Å². The lowest BCUT2D eigenvalue weighted by molar-refractivity contribution is 0.136. The summed E-state index contributed by atoms with van der Waals surface area (Å²) >= 11 is 6.29. The first-order chi connectivity index (χ1) is 16.2. The van der Waals surface area contributed by atoms with Crippen LogP contribution in [0.3, 0.4) is 0 Å². The van der Waals surface area contributed by atoms with Gasteiger partial charge in [0, 0.05) is 55.9 Å². The van der Waals surface area contributed by atoms with Crippen molar-refractivity contribution >= 4 is 28.3 Å². The smallest absolute Gasteiger partial charge is 0.158 e. The highest BCUT2D eigenvalue weighted by Gasteiger charge is 2.26. The molecule has 2 aromatic rings. The molecule has 33 heavy (non-hydrogen) atoms. The Morgan fingerprint density at radius 2 is 2.12 bits per heavy atom. The Balaban J connectivity index is 1.48. The number of piperidine rings is 1. The van der Waals surface area contributed by atoms with E-state index in [1.54, 1.807) is 0 Å². The summed E-state index contributed by atoms with van der Waals surface area (Å²) in [5.41, 5.74) is 1.02. The summed E-state index contributed by atoms with van der Waals surface area (Å²) in [6.45, 7) is 13.4. The van der Waals surface area contributed by atoms with Crippen molar-refractivity contribution in [3.63, 3.8) is 0 Å². The first-order valence-electron chi connectivity index (χ1n) is 12.2. The van der Waals surface area contributed by atoms with Crippen LogP contribution < -0.4 is 4.90 Å². The number of hydrogen-bond donors (Lipinski definition) is 0. The van der Waals surface area contributed by atoms with Gasteiger partial charge in [-0.15, -0.1) is 6.58 Å². The van der Waals surface area contributed by atoms with Crippen molar-refractivity contribution in [2.24, 2.45) is 5.92 Å². The van der Waals surface area contributed by atoms with Gasteiger partial charge in [0.2, 0.25) is 0 Å². The third kappa shape index (κ3) is 6.05. The van der Waals surface area contributed by atoms with Gasteiger partial charge in [0.15, 0.2) is 5.82 Å². The van der Waals surface area contributed by atoms with Crippen LogP contribution in [0.5, 0.6) is 0 Å². The van der Waals surface area contributed by atoms with Crippen molar-refractivity contribution in [1.82, 2.24) is 19.7 Å². The Bertz CT molecular complexity index is 968. The van der Waals surface area contributed by atoms with Crippen molar-refractivity contribution < 1.29 is 4.74 Å². The maximum atomic E-state index is 6.29. The summed E-state index contributed by atoms with van der Waals surface area (Å²) in [7, 11) is 0. The molecule has 6 nitrogen and oxygen atoms in total. The molecule has 4 rings (SSSR count). The zero-order valence-corrected chi connectivity index (χ0v) is 20.5. The second-order valence-corrected chi connectivity index (χ2v) is 9.38. The molecule has 0 aromatic carbocycles. The number of allylic oxidation sites excluding steroid dienone is 5. The molecule has 0 bridgehead atoms. The molecule has 1 atom stereocenters. The van der Waals surface area contributed by atoms with Crippen LogP contribution in [0.15, 0.2) is 54.4 Å². The van der Waals surface area contributed by atoms with Crippen LogP contribution in [0.4, 0.5) is 5.82 Å². The zero-order valence-electron chi connectivity index (χ0n) is 19.7. The summed E-state index contributed by atoms with van der Waals surface area (Å²) in [5, 5.41) is 6.93. The predicted molar refractivity (Wildman–Crippen MR) is 137 cm³/mol. The molecule has 4 heterocycles. The van der Waals surface area contributed by atoms with Crippen molar-refractivity contribution in [1.29, 1.82) is 0 Å². The summed E-state index contributed by atoms with van der Waals surface area (Å²) in [5.74, 6) is 1.79. The SMILES string of the molecule is C=CC(/C=C\C(Cl)=C/CC)n1nc(N2CCC(CN3CCCOCC3)CC2)c2ccncc21. The van der Waals surface area contributed by atoms with E-state index < -0.39 is 0 Å². The van der Waals surface area contributed by atoms with Crippen molar-refractivity contribution in [2.45, 2.75) is 38.6 Å². The number of halogens is 1. The van der Waals surface area contributed by atoms with Crippen LogP contribution in [0.2, 0.25) is 0 Å². The third-order valence-electron chi connectivity index (χ3n) is 6.61. The quantitative estimate of drug-likeness (QED) is 0.393. The Labute approximate surface area is 202 Å². The van der Waals surface area contributed by atoms with Crippen molar-refractivity contribution in [3.8, 4) is 0 Å². The summed E-state index contributed by atoms with van der Waals surface area (Å²) in [6, 6.07) is 1.98. The number of pyridine rings is 1. The van der Waals surface area contributed by atoms with Gasteiger partial charge >= 0.3 is 0 Å². The van der Waals surface area contributed by atoms with E-state index in [1.165, 1.54) is 19.4 Å². The number of rotatable bonds is 8. The van der Waals surface area contributed by atoms with Crippen LogP contribution in [0.1, 0.15) is 38.6 Å². The minimum atomic E-state index is -0.0905. The van der Waals surface area contributed by atoms with Crippen LogP contribution in [0, 0.1) is 5.92 Å². The fourth-order valence-corrected chi connectivity index (χ4v) is 5.04. The predicted octanol–water partition coefficient (Wildman–Crippen LogP) is 5.19. The van der Waals surface area contributed by atoms with Gasteiger partial charge in [0.05, 0.1) is 24.4 Å². The van der Waals surface area contributed by atoms with E-state index in [1.807, 2.05) is 41.4 Å². The van der Waals surface area contributed by atoms with Crippen molar-refractivity contribution in [3.05, 3.63) is 54.4 Å². The topological polar surface area (TPSA) is 46.4 Å². The second-order valence-electron chi connectivity index (χ2n) is 8.94. The lowest BCUT2D eigenvalue weighted by atomic mass is 9.96. The van der Waals surface area contributed by atoms with Gasteiger partial charge in [0.25, 0.3) is 0 Å². The first kappa shape index (κ1) is 24.0. The van der Waals surface area contributed by atoms with Crippen LogP contribution in [0.25, 0.3) is 10.9 Å². The molecule has 2 aromatic heterocycles. The highest BCUT2D eigenvalue weighted by atomic mass is 35.5. The lowest BCUT2D eigenvalue weighted by Gasteiger charge is -2.34. The Morgan fingerprint density at radius 3 is 2.91 bits per heavy atom. The lowest BCUT2D eigenvalue weighted by Crippen LogP contribution is -2.39. The molecule has 178 valence electrons. The summed E-state index contributed by atoms with van der Waals surface area (Å²) < 4.78 is 7.63. The third-order valence-corrected chi connectivity index (χ3v) is 6.89. The maximum absolute atomic E-state index is 6.29. The molecule has 0 amide bonds. The Morgan fingerprint density at radius 1 is 1.27 bits per heavy atom. The molecule has 2 aliphatic rings. The largest absolute Gasteiger partial charge is 0.380 e. The standard InChI is InChI=1S/C26H36ClN5O/c1-3-6-22(27)7-8-23(4-2)32-25-19-28-12-9-24(25)26(29-32)31-14-10-21(11-15-31)20-30-13-5-17-33-18-16-30/h4,6-9,12,19,21,23H,2-3,5,10-11,13-18,20H2,1H3/b8-7-,22-6+. The molecule has 0 N–H and O–H groups in total. The Kier molecular flexibility index (Phi) is 8.59. The first-order valence-corrected chi connectivity index (χ1v) is 12.6.